The summed E-state index contributed by atoms with van der Waals surface area (Å²) < 4.78 is 24.0. The van der Waals surface area contributed by atoms with Gasteiger partial charge in [-0.05, 0) is 32.0 Å². The monoisotopic (exact) mass is 497 g/mol. The van der Waals surface area contributed by atoms with Crippen molar-refractivity contribution in [3.05, 3.63) is 72.6 Å². The number of nitrogens with zero attached hydrogens (tertiary/aromatic N) is 3. The number of furan rings is 1. The van der Waals surface area contributed by atoms with Crippen LogP contribution in [-0.4, -0.2) is 45.5 Å². The van der Waals surface area contributed by atoms with Crippen LogP contribution in [-0.2, 0) is 9.53 Å². The predicted octanol–water partition coefficient (Wildman–Crippen LogP) is 2.47. The highest BCUT2D eigenvalue weighted by atomic mass is 32.1. The number of hydrogen-bond acceptors (Lipinski definition) is 9. The molecule has 1 unspecified atom stereocenters. The van der Waals surface area contributed by atoms with Crippen LogP contribution in [0.15, 0.2) is 55.8 Å². The molecule has 3 aromatic rings. The zero-order chi connectivity index (χ0) is 25.3. The van der Waals surface area contributed by atoms with Gasteiger partial charge in [0, 0.05) is 37.9 Å². The van der Waals surface area contributed by atoms with E-state index in [1.54, 1.807) is 51.3 Å². The van der Waals surface area contributed by atoms with Gasteiger partial charge in [-0.3, -0.25) is 9.36 Å². The van der Waals surface area contributed by atoms with Gasteiger partial charge in [-0.15, -0.1) is 0 Å². The first-order valence-electron chi connectivity index (χ1n) is 11.0. The number of aromatic nitrogens is 1. The normalized spacial score (nSPS) is 15.5. The van der Waals surface area contributed by atoms with Crippen LogP contribution in [0.4, 0.5) is 5.88 Å². The third kappa shape index (κ3) is 4.49. The molecule has 0 radical (unpaired) electrons. The standard InChI is InChI=1S/C25H27N3O6S/c1-7-33-24(30)21-14(2)26-25-28(22(21)17-10-8-15(31-5)12-18(17)32-6)23(29)19(35-25)13-16-9-11-20(34-16)27(3)4/h8-13,22H,7H2,1-6H3. The Morgan fingerprint density at radius 3 is 2.63 bits per heavy atom. The van der Waals surface area contributed by atoms with Crippen LogP contribution < -0.4 is 29.3 Å². The molecule has 0 bridgehead atoms. The van der Waals surface area contributed by atoms with E-state index in [1.807, 2.05) is 25.1 Å². The highest BCUT2D eigenvalue weighted by Crippen LogP contribution is 2.37. The van der Waals surface area contributed by atoms with E-state index < -0.39 is 12.0 Å². The van der Waals surface area contributed by atoms with Crippen LogP contribution in [0.2, 0.25) is 0 Å². The number of anilines is 1. The van der Waals surface area contributed by atoms with E-state index in [-0.39, 0.29) is 17.7 Å². The van der Waals surface area contributed by atoms with E-state index in [9.17, 15) is 9.59 Å². The van der Waals surface area contributed by atoms with Crippen LogP contribution in [0.1, 0.15) is 31.2 Å². The molecule has 35 heavy (non-hydrogen) atoms. The van der Waals surface area contributed by atoms with Gasteiger partial charge >= 0.3 is 5.97 Å². The van der Waals surface area contributed by atoms with Crippen LogP contribution >= 0.6 is 11.3 Å². The van der Waals surface area contributed by atoms with Gasteiger partial charge < -0.3 is 23.5 Å². The van der Waals surface area contributed by atoms with E-state index >= 15 is 0 Å². The lowest BCUT2D eigenvalue weighted by Gasteiger charge is -2.26. The third-order valence-corrected chi connectivity index (χ3v) is 6.56. The molecule has 0 saturated heterocycles. The van der Waals surface area contributed by atoms with Crippen LogP contribution in [0.25, 0.3) is 6.08 Å². The van der Waals surface area contributed by atoms with Crippen molar-refractivity contribution in [2.24, 2.45) is 4.99 Å². The fourth-order valence-corrected chi connectivity index (χ4v) is 4.95. The number of carbonyl (C=O) groups excluding carboxylic acids is 1. The second-order valence-electron chi connectivity index (χ2n) is 7.98. The molecule has 0 saturated carbocycles. The van der Waals surface area contributed by atoms with Crippen molar-refractivity contribution in [2.45, 2.75) is 19.9 Å². The second-order valence-corrected chi connectivity index (χ2v) is 8.99. The summed E-state index contributed by atoms with van der Waals surface area (Å²) in [5.41, 5.74) is 1.08. The predicted molar refractivity (Wildman–Crippen MR) is 133 cm³/mol. The number of ether oxygens (including phenoxy) is 3. The molecule has 4 rings (SSSR count). The van der Waals surface area contributed by atoms with Crippen LogP contribution in [0.5, 0.6) is 11.5 Å². The molecule has 1 aromatic carbocycles. The van der Waals surface area contributed by atoms with Crippen molar-refractivity contribution >= 4 is 29.3 Å². The number of rotatable bonds is 7. The summed E-state index contributed by atoms with van der Waals surface area (Å²) in [7, 11) is 6.83. The van der Waals surface area contributed by atoms with E-state index in [0.717, 1.165) is 0 Å². The lowest BCUT2D eigenvalue weighted by atomic mass is 9.95. The molecular formula is C25H27N3O6S. The van der Waals surface area contributed by atoms with Gasteiger partial charge in [0.2, 0.25) is 0 Å². The number of benzene rings is 1. The Morgan fingerprint density at radius 1 is 1.23 bits per heavy atom. The molecule has 1 aliphatic rings. The number of esters is 1. The van der Waals surface area contributed by atoms with Crippen molar-refractivity contribution in [2.75, 3.05) is 39.8 Å². The summed E-state index contributed by atoms with van der Waals surface area (Å²) in [5, 5.41) is 0. The molecule has 10 heteroatoms. The van der Waals surface area contributed by atoms with E-state index in [2.05, 4.69) is 4.99 Å². The minimum Gasteiger partial charge on any atom is -0.497 e. The first-order valence-corrected chi connectivity index (χ1v) is 11.8. The molecule has 1 aliphatic heterocycles. The van der Waals surface area contributed by atoms with E-state index in [0.29, 0.717) is 43.7 Å². The molecular weight excluding hydrogens is 470 g/mol. The van der Waals surface area contributed by atoms with Crippen molar-refractivity contribution in [3.8, 4) is 11.5 Å². The van der Waals surface area contributed by atoms with Gasteiger partial charge in [0.1, 0.15) is 23.3 Å². The minimum atomic E-state index is -0.790. The highest BCUT2D eigenvalue weighted by molar-refractivity contribution is 7.07. The van der Waals surface area contributed by atoms with Gasteiger partial charge in [-0.1, -0.05) is 11.3 Å². The van der Waals surface area contributed by atoms with Crippen molar-refractivity contribution < 1.29 is 23.4 Å². The van der Waals surface area contributed by atoms with Crippen LogP contribution in [0, 0.1) is 0 Å². The summed E-state index contributed by atoms with van der Waals surface area (Å²) in [6.07, 6.45) is 1.68. The van der Waals surface area contributed by atoms with Crippen molar-refractivity contribution in [3.63, 3.8) is 0 Å². The van der Waals surface area contributed by atoms with Gasteiger partial charge in [0.05, 0.1) is 36.6 Å². The van der Waals surface area contributed by atoms with Gasteiger partial charge in [0.15, 0.2) is 10.7 Å². The number of allylic oxidation sites excluding steroid dienone is 1. The Labute approximate surface area is 206 Å². The lowest BCUT2D eigenvalue weighted by molar-refractivity contribution is -0.139. The Balaban J connectivity index is 1.96. The average Bonchev–Trinajstić information content (AvgIpc) is 3.42. The van der Waals surface area contributed by atoms with E-state index in [4.69, 9.17) is 18.6 Å². The van der Waals surface area contributed by atoms with E-state index in [1.165, 1.54) is 23.0 Å². The molecule has 0 aliphatic carbocycles. The Morgan fingerprint density at radius 2 is 2.00 bits per heavy atom. The fourth-order valence-electron chi connectivity index (χ4n) is 3.92. The fraction of sp³-hybridized carbons (Fsp3) is 0.320. The molecule has 3 heterocycles. The maximum atomic E-state index is 13.7. The summed E-state index contributed by atoms with van der Waals surface area (Å²) in [4.78, 5) is 33.6. The molecule has 0 amide bonds. The Bertz CT molecular complexity index is 1480. The average molecular weight is 498 g/mol. The Kier molecular flexibility index (Phi) is 6.83. The number of fused-ring (bicyclic) bond motifs is 1. The second kappa shape index (κ2) is 9.83. The minimum absolute atomic E-state index is 0.194. The first-order chi connectivity index (χ1) is 16.8. The molecule has 0 fully saturated rings. The largest absolute Gasteiger partial charge is 0.497 e. The summed E-state index contributed by atoms with van der Waals surface area (Å²) in [5.74, 6) is 1.74. The zero-order valence-electron chi connectivity index (χ0n) is 20.4. The van der Waals surface area contributed by atoms with Crippen molar-refractivity contribution in [1.29, 1.82) is 0 Å². The first kappa shape index (κ1) is 24.3. The number of methoxy groups -OCH3 is 2. The summed E-state index contributed by atoms with van der Waals surface area (Å²) >= 11 is 1.23. The highest BCUT2D eigenvalue weighted by Gasteiger charge is 2.35. The topological polar surface area (TPSA) is 95.5 Å². The SMILES string of the molecule is CCOC(=O)C1=C(C)N=c2sc(=Cc3ccc(N(C)C)o3)c(=O)n2C1c1ccc(OC)cc1OC. The van der Waals surface area contributed by atoms with Gasteiger partial charge in [-0.25, -0.2) is 9.79 Å². The maximum absolute atomic E-state index is 13.7. The Hall–Kier alpha value is -3.79. The smallest absolute Gasteiger partial charge is 0.338 e. The van der Waals surface area contributed by atoms with Crippen LogP contribution in [0.3, 0.4) is 0 Å². The zero-order valence-corrected chi connectivity index (χ0v) is 21.3. The summed E-state index contributed by atoms with van der Waals surface area (Å²) in [6, 6.07) is 8.10. The number of carbonyl (C=O) groups is 1. The molecule has 9 nitrogen and oxygen atoms in total. The number of hydrogen-bond donors (Lipinski definition) is 0. The molecule has 184 valence electrons. The summed E-state index contributed by atoms with van der Waals surface area (Å²) in [6.45, 7) is 3.67. The van der Waals surface area contributed by atoms with Gasteiger partial charge in [-0.2, -0.15) is 0 Å². The lowest BCUT2D eigenvalue weighted by Crippen LogP contribution is -2.40. The quantitative estimate of drug-likeness (QED) is 0.463. The molecule has 0 N–H and O–H groups in total. The maximum Gasteiger partial charge on any atom is 0.338 e. The van der Waals surface area contributed by atoms with Crippen molar-refractivity contribution in [1.82, 2.24) is 4.57 Å². The third-order valence-electron chi connectivity index (χ3n) is 5.58. The molecule has 2 aromatic heterocycles. The number of thiazole rings is 1. The molecule has 0 spiro atoms. The molecule has 1 atom stereocenters. The van der Waals surface area contributed by atoms with Gasteiger partial charge in [0.25, 0.3) is 5.56 Å².